The van der Waals surface area contributed by atoms with Gasteiger partial charge in [0.25, 0.3) is 0 Å². The summed E-state index contributed by atoms with van der Waals surface area (Å²) in [7, 11) is -1.65. The van der Waals surface area contributed by atoms with Crippen LogP contribution in [0.5, 0.6) is 0 Å². The third-order valence-electron chi connectivity index (χ3n) is 1.80. The molecule has 1 aliphatic heterocycles. The van der Waals surface area contributed by atoms with Crippen LogP contribution in [0.4, 0.5) is 0 Å². The molecule has 1 rings (SSSR count). The van der Waals surface area contributed by atoms with Crippen molar-refractivity contribution in [3.05, 3.63) is 38.0 Å². The van der Waals surface area contributed by atoms with E-state index in [-0.39, 0.29) is 12.2 Å². The van der Waals surface area contributed by atoms with Gasteiger partial charge in [0.2, 0.25) is 0 Å². The first-order valence-corrected chi connectivity index (χ1v) is 5.71. The normalized spacial score (nSPS) is 32.1. The highest BCUT2D eigenvalue weighted by Crippen LogP contribution is 2.47. The van der Waals surface area contributed by atoms with Crippen LogP contribution in [0.3, 0.4) is 0 Å². The van der Waals surface area contributed by atoms with E-state index in [0.717, 1.165) is 6.42 Å². The molecule has 0 aromatic carbocycles. The highest BCUT2D eigenvalue weighted by molar-refractivity contribution is 7.41. The van der Waals surface area contributed by atoms with E-state index in [4.69, 9.17) is 13.6 Å². The average Bonchev–Trinajstić information content (AvgIpc) is 2.25. The molecule has 0 N–H and O–H groups in total. The second-order valence-electron chi connectivity index (χ2n) is 2.87. The van der Waals surface area contributed by atoms with E-state index < -0.39 is 8.60 Å². The fraction of sp³-hybridized carbons (Fsp3) is 0.400. The highest BCUT2D eigenvalue weighted by atomic mass is 31.2. The number of rotatable bonds is 5. The summed E-state index contributed by atoms with van der Waals surface area (Å²) in [5.74, 6) is 0. The zero-order chi connectivity index (χ0) is 10.4. The Morgan fingerprint density at radius 3 is 2.21 bits per heavy atom. The predicted molar refractivity (Wildman–Crippen MR) is 59.2 cm³/mol. The summed E-state index contributed by atoms with van der Waals surface area (Å²) in [5.41, 5.74) is 0. The third kappa shape index (κ3) is 3.35. The Labute approximate surface area is 86.0 Å². The van der Waals surface area contributed by atoms with Gasteiger partial charge in [0, 0.05) is 6.42 Å². The summed E-state index contributed by atoms with van der Waals surface area (Å²) in [6, 6.07) is 0. The Kier molecular flexibility index (Phi) is 5.05. The third-order valence-corrected chi connectivity index (χ3v) is 3.20. The molecule has 0 unspecified atom stereocenters. The van der Waals surface area contributed by atoms with Crippen molar-refractivity contribution in [3.63, 3.8) is 0 Å². The van der Waals surface area contributed by atoms with E-state index in [9.17, 15) is 0 Å². The lowest BCUT2D eigenvalue weighted by Crippen LogP contribution is -2.24. The van der Waals surface area contributed by atoms with Crippen LogP contribution < -0.4 is 0 Å². The SMILES string of the molecule is C=CCO[PH+]1O[C@@H](C=C)C[C@H](C=C)O1. The number of hydrogen-bond donors (Lipinski definition) is 0. The minimum atomic E-state index is -1.65. The van der Waals surface area contributed by atoms with E-state index >= 15 is 0 Å². The maximum Gasteiger partial charge on any atom is 0.399 e. The Bertz CT molecular complexity index is 201. The van der Waals surface area contributed by atoms with Crippen LogP contribution >= 0.6 is 8.60 Å². The Morgan fingerprint density at radius 1 is 1.21 bits per heavy atom. The molecule has 3 nitrogen and oxygen atoms in total. The van der Waals surface area contributed by atoms with Crippen LogP contribution in [0.15, 0.2) is 38.0 Å². The second-order valence-corrected chi connectivity index (χ2v) is 4.13. The largest absolute Gasteiger partial charge is 0.399 e. The number of hydrogen-bond acceptors (Lipinski definition) is 3. The zero-order valence-corrected chi connectivity index (χ0v) is 9.15. The summed E-state index contributed by atoms with van der Waals surface area (Å²) < 4.78 is 16.4. The first kappa shape index (κ1) is 11.6. The van der Waals surface area contributed by atoms with Crippen LogP contribution in [-0.2, 0) is 13.6 Å². The molecule has 0 aliphatic carbocycles. The predicted octanol–water partition coefficient (Wildman–Crippen LogP) is 2.69. The van der Waals surface area contributed by atoms with Crippen LogP contribution in [0.1, 0.15) is 6.42 Å². The van der Waals surface area contributed by atoms with Gasteiger partial charge in [-0.15, -0.1) is 19.7 Å². The molecule has 78 valence electrons. The van der Waals surface area contributed by atoms with Crippen molar-refractivity contribution in [1.82, 2.24) is 0 Å². The second kappa shape index (κ2) is 6.10. The van der Waals surface area contributed by atoms with Crippen molar-refractivity contribution >= 4 is 8.60 Å². The maximum atomic E-state index is 5.51. The summed E-state index contributed by atoms with van der Waals surface area (Å²) in [6.07, 6.45) is 5.97. The van der Waals surface area contributed by atoms with Gasteiger partial charge < -0.3 is 0 Å². The van der Waals surface area contributed by atoms with E-state index in [2.05, 4.69) is 19.7 Å². The quantitative estimate of drug-likeness (QED) is 0.521. The lowest BCUT2D eigenvalue weighted by Gasteiger charge is -2.23. The maximum absolute atomic E-state index is 5.51. The Hall–Kier alpha value is -0.470. The monoisotopic (exact) mass is 215 g/mol. The standard InChI is InChI=1S/C10H16O3P/c1-4-7-11-14-12-9(5-2)8-10(6-3)13-14/h4-6,9-10,14H,1-3,7-8H2/q+1/t9-,10-/m0/s1. The topological polar surface area (TPSA) is 27.7 Å². The van der Waals surface area contributed by atoms with Crippen molar-refractivity contribution in [3.8, 4) is 0 Å². The highest BCUT2D eigenvalue weighted by Gasteiger charge is 2.35. The van der Waals surface area contributed by atoms with Crippen molar-refractivity contribution in [2.45, 2.75) is 18.6 Å². The van der Waals surface area contributed by atoms with Crippen molar-refractivity contribution < 1.29 is 13.6 Å². The Balaban J connectivity index is 2.46. The fourth-order valence-electron chi connectivity index (χ4n) is 1.08. The van der Waals surface area contributed by atoms with Gasteiger partial charge >= 0.3 is 8.60 Å². The van der Waals surface area contributed by atoms with Gasteiger partial charge in [-0.25, -0.2) is 0 Å². The molecule has 2 atom stereocenters. The van der Waals surface area contributed by atoms with E-state index in [1.807, 2.05) is 0 Å². The zero-order valence-electron chi connectivity index (χ0n) is 8.15. The van der Waals surface area contributed by atoms with Crippen LogP contribution in [-0.4, -0.2) is 18.8 Å². The molecule has 4 heteroatoms. The van der Waals surface area contributed by atoms with Crippen LogP contribution in [0, 0.1) is 0 Å². The smallest absolute Gasteiger partial charge is 0.175 e. The molecule has 1 saturated heterocycles. The molecular formula is C10H16O3P+. The molecule has 0 aromatic rings. The summed E-state index contributed by atoms with van der Waals surface area (Å²) >= 11 is 0. The first-order chi connectivity index (χ1) is 6.80. The Morgan fingerprint density at radius 2 is 1.79 bits per heavy atom. The van der Waals surface area contributed by atoms with Crippen LogP contribution in [0.2, 0.25) is 0 Å². The van der Waals surface area contributed by atoms with Gasteiger partial charge in [0.05, 0.1) is 0 Å². The minimum absolute atomic E-state index is 0.00505. The van der Waals surface area contributed by atoms with Crippen molar-refractivity contribution in [2.24, 2.45) is 0 Å². The van der Waals surface area contributed by atoms with Crippen molar-refractivity contribution in [1.29, 1.82) is 0 Å². The summed E-state index contributed by atoms with van der Waals surface area (Å²) in [6.45, 7) is 11.4. The minimum Gasteiger partial charge on any atom is -0.175 e. The van der Waals surface area contributed by atoms with Crippen LogP contribution in [0.25, 0.3) is 0 Å². The summed E-state index contributed by atoms with van der Waals surface area (Å²) in [5, 5.41) is 0. The lowest BCUT2D eigenvalue weighted by atomic mass is 10.1. The molecule has 0 saturated carbocycles. The van der Waals surface area contributed by atoms with E-state index in [0.29, 0.717) is 6.61 Å². The van der Waals surface area contributed by atoms with E-state index in [1.54, 1.807) is 18.2 Å². The first-order valence-electron chi connectivity index (χ1n) is 4.49. The van der Waals surface area contributed by atoms with Gasteiger partial charge in [-0.3, -0.25) is 0 Å². The lowest BCUT2D eigenvalue weighted by molar-refractivity contribution is 0.0594. The molecule has 0 radical (unpaired) electrons. The molecule has 1 aliphatic rings. The van der Waals surface area contributed by atoms with E-state index in [1.165, 1.54) is 0 Å². The molecular weight excluding hydrogens is 199 g/mol. The summed E-state index contributed by atoms with van der Waals surface area (Å²) in [4.78, 5) is 0. The molecule has 1 heterocycles. The average molecular weight is 215 g/mol. The molecule has 0 aromatic heterocycles. The molecule has 14 heavy (non-hydrogen) atoms. The van der Waals surface area contributed by atoms with Crippen molar-refractivity contribution in [2.75, 3.05) is 6.61 Å². The fourth-order valence-corrected chi connectivity index (χ4v) is 2.41. The molecule has 0 spiro atoms. The molecule has 0 amide bonds. The van der Waals surface area contributed by atoms with Gasteiger partial charge in [0.15, 0.2) is 0 Å². The van der Waals surface area contributed by atoms with Gasteiger partial charge in [0.1, 0.15) is 18.8 Å². The molecule has 0 bridgehead atoms. The molecule has 1 fully saturated rings. The van der Waals surface area contributed by atoms with Gasteiger partial charge in [-0.1, -0.05) is 18.2 Å². The van der Waals surface area contributed by atoms with Gasteiger partial charge in [-0.2, -0.15) is 13.6 Å². The van der Waals surface area contributed by atoms with Gasteiger partial charge in [-0.05, 0) is 0 Å².